The van der Waals surface area contributed by atoms with Crippen LogP contribution in [0.5, 0.6) is 0 Å². The molecule has 9 heteroatoms. The van der Waals surface area contributed by atoms with Crippen LogP contribution >= 0.6 is 0 Å². The van der Waals surface area contributed by atoms with E-state index in [9.17, 15) is 22.4 Å². The molecule has 0 saturated carbocycles. The lowest BCUT2D eigenvalue weighted by molar-refractivity contribution is -0.139. The van der Waals surface area contributed by atoms with Gasteiger partial charge >= 0.3 is 0 Å². The smallest absolute Gasteiger partial charge is 0.264 e. The van der Waals surface area contributed by atoms with Gasteiger partial charge in [0.25, 0.3) is 10.0 Å². The minimum atomic E-state index is -4.15. The van der Waals surface area contributed by atoms with Crippen LogP contribution in [0.2, 0.25) is 0 Å². The van der Waals surface area contributed by atoms with Gasteiger partial charge in [0.15, 0.2) is 0 Å². The van der Waals surface area contributed by atoms with E-state index in [1.54, 1.807) is 49.4 Å². The molecule has 0 aliphatic heterocycles. The number of aryl methyl sites for hydroxylation is 2. The first-order valence-corrected chi connectivity index (χ1v) is 14.4. The van der Waals surface area contributed by atoms with E-state index in [2.05, 4.69) is 5.32 Å². The molecule has 0 fully saturated rings. The van der Waals surface area contributed by atoms with Gasteiger partial charge in [-0.25, -0.2) is 12.8 Å². The number of benzene rings is 3. The topological polar surface area (TPSA) is 86.8 Å². The van der Waals surface area contributed by atoms with E-state index in [4.69, 9.17) is 0 Å². The molecular weight excluding hydrogens is 517 g/mol. The Hall–Kier alpha value is -3.72. The Balaban J connectivity index is 2.03. The standard InChI is InChI=1S/C30H36FN3O4S/c1-6-23(4)32-30(36)24(5)33(19-25-9-7-8-10-28(25)31)29(35)20-34(26-15-11-21(2)12-16-26)39(37,38)27-17-13-22(3)14-18-27/h7-18,23-24H,6,19-20H2,1-5H3,(H,32,36)/t23-,24+/m1/s1. The van der Waals surface area contributed by atoms with Crippen LogP contribution in [0.25, 0.3) is 0 Å². The molecule has 3 aromatic rings. The Kier molecular flexibility index (Phi) is 9.86. The summed E-state index contributed by atoms with van der Waals surface area (Å²) in [5, 5.41) is 2.86. The Morgan fingerprint density at radius 1 is 0.897 bits per heavy atom. The molecule has 39 heavy (non-hydrogen) atoms. The summed E-state index contributed by atoms with van der Waals surface area (Å²) in [6, 6.07) is 18.1. The first-order valence-electron chi connectivity index (χ1n) is 12.9. The molecule has 0 radical (unpaired) electrons. The molecular formula is C30H36FN3O4S. The molecule has 3 aromatic carbocycles. The summed E-state index contributed by atoms with van der Waals surface area (Å²) in [6.07, 6.45) is 0.690. The van der Waals surface area contributed by atoms with Crippen LogP contribution < -0.4 is 9.62 Å². The number of amides is 2. The van der Waals surface area contributed by atoms with Gasteiger partial charge in [0.2, 0.25) is 11.8 Å². The van der Waals surface area contributed by atoms with Crippen molar-refractivity contribution in [1.29, 1.82) is 0 Å². The van der Waals surface area contributed by atoms with Crippen LogP contribution in [0.4, 0.5) is 10.1 Å². The van der Waals surface area contributed by atoms with Crippen LogP contribution in [-0.2, 0) is 26.2 Å². The average Bonchev–Trinajstić information content (AvgIpc) is 2.91. The van der Waals surface area contributed by atoms with Crippen LogP contribution in [0.15, 0.2) is 77.7 Å². The van der Waals surface area contributed by atoms with Crippen molar-refractivity contribution in [2.75, 3.05) is 10.8 Å². The fourth-order valence-electron chi connectivity index (χ4n) is 3.94. The van der Waals surface area contributed by atoms with Crippen LogP contribution in [0.3, 0.4) is 0 Å². The Morgan fingerprint density at radius 2 is 1.46 bits per heavy atom. The molecule has 2 atom stereocenters. The second-order valence-corrected chi connectivity index (χ2v) is 11.6. The summed E-state index contributed by atoms with van der Waals surface area (Å²) in [7, 11) is -4.15. The van der Waals surface area contributed by atoms with Gasteiger partial charge in [-0.05, 0) is 64.4 Å². The van der Waals surface area contributed by atoms with Crippen molar-refractivity contribution in [3.63, 3.8) is 0 Å². The summed E-state index contributed by atoms with van der Waals surface area (Å²) in [4.78, 5) is 28.2. The Labute approximate surface area is 230 Å². The zero-order valence-electron chi connectivity index (χ0n) is 23.0. The van der Waals surface area contributed by atoms with Crippen LogP contribution in [-0.4, -0.2) is 43.8 Å². The largest absolute Gasteiger partial charge is 0.352 e. The second-order valence-electron chi connectivity index (χ2n) is 9.77. The number of hydrogen-bond acceptors (Lipinski definition) is 4. The minimum absolute atomic E-state index is 0.0321. The summed E-state index contributed by atoms with van der Waals surface area (Å²) in [6.45, 7) is 8.28. The lowest BCUT2D eigenvalue weighted by Crippen LogP contribution is -2.52. The third-order valence-electron chi connectivity index (χ3n) is 6.68. The van der Waals surface area contributed by atoms with Crippen molar-refractivity contribution in [2.45, 2.75) is 64.6 Å². The third kappa shape index (κ3) is 7.44. The first kappa shape index (κ1) is 29.8. The van der Waals surface area contributed by atoms with E-state index in [0.29, 0.717) is 12.1 Å². The van der Waals surface area contributed by atoms with Crippen molar-refractivity contribution in [3.8, 4) is 0 Å². The molecule has 0 aromatic heterocycles. The number of carbonyl (C=O) groups is 2. The lowest BCUT2D eigenvalue weighted by Gasteiger charge is -2.32. The predicted molar refractivity (Wildman–Crippen MR) is 151 cm³/mol. The van der Waals surface area contributed by atoms with E-state index in [1.165, 1.54) is 35.2 Å². The maximum atomic E-state index is 14.6. The quantitative estimate of drug-likeness (QED) is 0.363. The SMILES string of the molecule is CC[C@@H](C)NC(=O)[C@H](C)N(Cc1ccccc1F)C(=O)CN(c1ccc(C)cc1)S(=O)(=O)c1ccc(C)cc1. The van der Waals surface area contributed by atoms with E-state index >= 15 is 0 Å². The first-order chi connectivity index (χ1) is 18.4. The molecule has 7 nitrogen and oxygen atoms in total. The number of hydrogen-bond donors (Lipinski definition) is 1. The maximum Gasteiger partial charge on any atom is 0.264 e. The van der Waals surface area contributed by atoms with Crippen molar-refractivity contribution in [2.24, 2.45) is 0 Å². The predicted octanol–water partition coefficient (Wildman–Crippen LogP) is 4.97. The number of sulfonamides is 1. The maximum absolute atomic E-state index is 14.6. The molecule has 0 heterocycles. The number of rotatable bonds is 11. The van der Waals surface area contributed by atoms with Gasteiger partial charge in [0.1, 0.15) is 18.4 Å². The molecule has 0 aliphatic rings. The van der Waals surface area contributed by atoms with E-state index in [0.717, 1.165) is 15.4 Å². The minimum Gasteiger partial charge on any atom is -0.352 e. The Bertz CT molecular complexity index is 1390. The van der Waals surface area contributed by atoms with Crippen molar-refractivity contribution in [1.82, 2.24) is 10.2 Å². The highest BCUT2D eigenvalue weighted by Crippen LogP contribution is 2.25. The normalized spacial score (nSPS) is 12.9. The summed E-state index contributed by atoms with van der Waals surface area (Å²) in [5.41, 5.74) is 2.34. The fraction of sp³-hybridized carbons (Fsp3) is 0.333. The highest BCUT2D eigenvalue weighted by atomic mass is 32.2. The Morgan fingerprint density at radius 3 is 2.03 bits per heavy atom. The van der Waals surface area contributed by atoms with E-state index < -0.39 is 40.2 Å². The number of anilines is 1. The van der Waals surface area contributed by atoms with E-state index in [-0.39, 0.29) is 23.0 Å². The lowest BCUT2D eigenvalue weighted by atomic mass is 10.1. The number of nitrogens with one attached hydrogen (secondary N) is 1. The van der Waals surface area contributed by atoms with Gasteiger partial charge in [-0.1, -0.05) is 60.5 Å². The van der Waals surface area contributed by atoms with Gasteiger partial charge in [0, 0.05) is 18.2 Å². The zero-order valence-corrected chi connectivity index (χ0v) is 23.8. The number of nitrogens with zero attached hydrogens (tertiary/aromatic N) is 2. The van der Waals surface area contributed by atoms with Crippen LogP contribution in [0, 0.1) is 19.7 Å². The van der Waals surface area contributed by atoms with Crippen molar-refractivity contribution >= 4 is 27.5 Å². The average molecular weight is 554 g/mol. The van der Waals surface area contributed by atoms with E-state index in [1.807, 2.05) is 27.7 Å². The van der Waals surface area contributed by atoms with Gasteiger partial charge < -0.3 is 10.2 Å². The summed E-state index contributed by atoms with van der Waals surface area (Å²) < 4.78 is 43.2. The molecule has 0 unspecified atom stereocenters. The zero-order chi connectivity index (χ0) is 28.7. The van der Waals surface area contributed by atoms with Crippen molar-refractivity contribution in [3.05, 3.63) is 95.3 Å². The van der Waals surface area contributed by atoms with Gasteiger partial charge in [-0.2, -0.15) is 0 Å². The van der Waals surface area contributed by atoms with Crippen molar-refractivity contribution < 1.29 is 22.4 Å². The van der Waals surface area contributed by atoms with Gasteiger partial charge in [-0.3, -0.25) is 13.9 Å². The summed E-state index contributed by atoms with van der Waals surface area (Å²) >= 11 is 0. The molecule has 0 aliphatic carbocycles. The van der Waals surface area contributed by atoms with Crippen LogP contribution in [0.1, 0.15) is 43.9 Å². The second kappa shape index (κ2) is 12.9. The molecule has 2 amide bonds. The fourth-order valence-corrected chi connectivity index (χ4v) is 5.35. The highest BCUT2D eigenvalue weighted by Gasteiger charge is 2.33. The third-order valence-corrected chi connectivity index (χ3v) is 8.46. The molecule has 1 N–H and O–H groups in total. The highest BCUT2D eigenvalue weighted by molar-refractivity contribution is 7.92. The summed E-state index contributed by atoms with van der Waals surface area (Å²) in [5.74, 6) is -1.56. The number of halogens is 1. The molecule has 208 valence electrons. The molecule has 0 spiro atoms. The number of carbonyl (C=O) groups excluding carboxylic acids is 2. The monoisotopic (exact) mass is 553 g/mol. The van der Waals surface area contributed by atoms with Gasteiger partial charge in [0.05, 0.1) is 10.6 Å². The molecule has 0 saturated heterocycles. The van der Waals surface area contributed by atoms with Gasteiger partial charge in [-0.15, -0.1) is 0 Å². The molecule has 3 rings (SSSR count). The molecule has 0 bridgehead atoms.